The maximum absolute atomic E-state index is 5.23. The van der Waals surface area contributed by atoms with E-state index in [1.165, 1.54) is 18.4 Å². The lowest BCUT2D eigenvalue weighted by Crippen LogP contribution is -2.41. The van der Waals surface area contributed by atoms with Crippen molar-refractivity contribution in [3.8, 4) is 5.75 Å². The van der Waals surface area contributed by atoms with Gasteiger partial charge in [0, 0.05) is 6.04 Å². The molecule has 1 heterocycles. The van der Waals surface area contributed by atoms with Gasteiger partial charge in [0.2, 0.25) is 0 Å². The fourth-order valence-electron chi connectivity index (χ4n) is 3.31. The van der Waals surface area contributed by atoms with Crippen LogP contribution in [0.5, 0.6) is 5.75 Å². The van der Waals surface area contributed by atoms with E-state index >= 15 is 0 Å². The van der Waals surface area contributed by atoms with E-state index in [0.717, 1.165) is 18.2 Å². The molecule has 1 aliphatic carbocycles. The van der Waals surface area contributed by atoms with Gasteiger partial charge in [0.1, 0.15) is 5.75 Å². The molecule has 0 unspecified atom stereocenters. The molecule has 0 aromatic heterocycles. The molecule has 1 aromatic rings. The molecule has 0 amide bonds. The Morgan fingerprint density at radius 3 is 2.72 bits per heavy atom. The van der Waals surface area contributed by atoms with Gasteiger partial charge in [-0.1, -0.05) is 23.8 Å². The van der Waals surface area contributed by atoms with Crippen molar-refractivity contribution in [3.05, 3.63) is 41.5 Å². The maximum Gasteiger partial charge on any atom is 0.118 e. The van der Waals surface area contributed by atoms with Crippen LogP contribution >= 0.6 is 0 Å². The van der Waals surface area contributed by atoms with Crippen molar-refractivity contribution in [1.82, 2.24) is 5.32 Å². The third-order valence-electron chi connectivity index (χ3n) is 4.45. The highest BCUT2D eigenvalue weighted by molar-refractivity contribution is 5.31. The van der Waals surface area contributed by atoms with Crippen molar-refractivity contribution in [2.45, 2.75) is 25.8 Å². The summed E-state index contributed by atoms with van der Waals surface area (Å²) < 4.78 is 5.23. The number of hydrogen-bond donors (Lipinski definition) is 1. The molecule has 0 saturated carbocycles. The Morgan fingerprint density at radius 1 is 1.22 bits per heavy atom. The predicted octanol–water partition coefficient (Wildman–Crippen LogP) is 3.31. The summed E-state index contributed by atoms with van der Waals surface area (Å²) in [7, 11) is 1.71. The topological polar surface area (TPSA) is 21.3 Å². The van der Waals surface area contributed by atoms with Crippen LogP contribution in [-0.2, 0) is 0 Å². The van der Waals surface area contributed by atoms with Gasteiger partial charge in [0.05, 0.1) is 7.11 Å². The summed E-state index contributed by atoms with van der Waals surface area (Å²) >= 11 is 0. The van der Waals surface area contributed by atoms with E-state index in [4.69, 9.17) is 4.74 Å². The molecule has 2 heteroatoms. The molecule has 18 heavy (non-hydrogen) atoms. The smallest absolute Gasteiger partial charge is 0.118 e. The zero-order chi connectivity index (χ0) is 12.5. The first-order valence-electron chi connectivity index (χ1n) is 6.82. The Morgan fingerprint density at radius 2 is 2.00 bits per heavy atom. The van der Waals surface area contributed by atoms with Crippen LogP contribution in [0.3, 0.4) is 0 Å². The minimum Gasteiger partial charge on any atom is -0.497 e. The Labute approximate surface area is 109 Å². The van der Waals surface area contributed by atoms with Crippen LogP contribution < -0.4 is 10.1 Å². The molecule has 3 atom stereocenters. The van der Waals surface area contributed by atoms with Crippen molar-refractivity contribution in [1.29, 1.82) is 0 Å². The molecule has 1 N–H and O–H groups in total. The van der Waals surface area contributed by atoms with Gasteiger partial charge in [-0.2, -0.15) is 0 Å². The van der Waals surface area contributed by atoms with E-state index in [0.29, 0.717) is 12.0 Å². The van der Waals surface area contributed by atoms with Gasteiger partial charge in [-0.05, 0) is 55.8 Å². The molecule has 1 aliphatic heterocycles. The number of methoxy groups -OCH3 is 1. The minimum atomic E-state index is 0.476. The van der Waals surface area contributed by atoms with E-state index in [-0.39, 0.29) is 0 Å². The second-order valence-corrected chi connectivity index (χ2v) is 5.55. The average molecular weight is 243 g/mol. The lowest BCUT2D eigenvalue weighted by Gasteiger charge is -2.41. The van der Waals surface area contributed by atoms with E-state index in [9.17, 15) is 0 Å². The molecule has 2 bridgehead atoms. The average Bonchev–Trinajstić information content (AvgIpc) is 2.44. The van der Waals surface area contributed by atoms with Gasteiger partial charge in [-0.25, -0.2) is 0 Å². The number of nitrogens with one attached hydrogen (secondary N) is 1. The van der Waals surface area contributed by atoms with Crippen molar-refractivity contribution < 1.29 is 4.74 Å². The lowest BCUT2D eigenvalue weighted by atomic mass is 9.73. The number of allylic oxidation sites excluding steroid dienone is 1. The molecule has 2 nitrogen and oxygen atoms in total. The van der Waals surface area contributed by atoms with Crippen LogP contribution in [0.4, 0.5) is 0 Å². The molecular formula is C16H21NO. The van der Waals surface area contributed by atoms with Crippen molar-refractivity contribution in [2.24, 2.45) is 11.8 Å². The van der Waals surface area contributed by atoms with Gasteiger partial charge >= 0.3 is 0 Å². The molecule has 0 spiro atoms. The van der Waals surface area contributed by atoms with Gasteiger partial charge in [0.25, 0.3) is 0 Å². The molecule has 96 valence electrons. The first kappa shape index (κ1) is 11.8. The van der Waals surface area contributed by atoms with Crippen molar-refractivity contribution in [2.75, 3.05) is 13.7 Å². The summed E-state index contributed by atoms with van der Waals surface area (Å²) in [4.78, 5) is 0. The second kappa shape index (κ2) is 4.77. The van der Waals surface area contributed by atoms with Crippen LogP contribution in [0.15, 0.2) is 35.9 Å². The number of fused-ring (bicyclic) bond motifs is 2. The number of rotatable bonds is 2. The van der Waals surface area contributed by atoms with Crippen LogP contribution in [0.25, 0.3) is 0 Å². The van der Waals surface area contributed by atoms with E-state index in [1.54, 1.807) is 12.7 Å². The fraction of sp³-hybridized carbons (Fsp3) is 0.500. The molecule has 1 aromatic carbocycles. The molecule has 2 aliphatic rings. The highest BCUT2D eigenvalue weighted by Gasteiger charge is 2.34. The molecule has 0 radical (unpaired) electrons. The molecule has 1 saturated heterocycles. The standard InChI is InChI=1S/C16H21NO/c1-11-3-4-12-9-15(11)16(17-10-12)13-5-7-14(18-2)8-6-13/h3,5-8,12,15-17H,4,9-10H2,1-2H3/t12-,15-,16+/m1/s1. The van der Waals surface area contributed by atoms with Gasteiger partial charge in [-0.3, -0.25) is 0 Å². The SMILES string of the molecule is COc1ccc([C@@H]2NC[C@@H]3CC=C(C)[C@H]2C3)cc1. The van der Waals surface area contributed by atoms with Crippen LogP contribution in [-0.4, -0.2) is 13.7 Å². The van der Waals surface area contributed by atoms with E-state index < -0.39 is 0 Å². The Kier molecular flexibility index (Phi) is 3.13. The largest absolute Gasteiger partial charge is 0.497 e. The lowest BCUT2D eigenvalue weighted by molar-refractivity contribution is 0.233. The normalized spacial score (nSPS) is 30.8. The van der Waals surface area contributed by atoms with E-state index in [2.05, 4.69) is 42.6 Å². The van der Waals surface area contributed by atoms with Crippen molar-refractivity contribution >= 4 is 0 Å². The van der Waals surface area contributed by atoms with Crippen LogP contribution in [0.1, 0.15) is 31.4 Å². The third kappa shape index (κ3) is 2.05. The summed E-state index contributed by atoms with van der Waals surface area (Å²) in [5.41, 5.74) is 2.94. The van der Waals surface area contributed by atoms with E-state index in [1.807, 2.05) is 0 Å². The molecule has 3 rings (SSSR count). The summed E-state index contributed by atoms with van der Waals surface area (Å²) in [5, 5.41) is 3.72. The summed E-state index contributed by atoms with van der Waals surface area (Å²) in [6, 6.07) is 8.98. The van der Waals surface area contributed by atoms with Gasteiger partial charge in [0.15, 0.2) is 0 Å². The Balaban J connectivity index is 1.86. The first-order valence-corrected chi connectivity index (χ1v) is 6.82. The molecule has 1 fully saturated rings. The van der Waals surface area contributed by atoms with Crippen LogP contribution in [0.2, 0.25) is 0 Å². The number of hydrogen-bond acceptors (Lipinski definition) is 2. The summed E-state index contributed by atoms with van der Waals surface area (Å²) in [5.74, 6) is 2.45. The zero-order valence-electron chi connectivity index (χ0n) is 11.1. The van der Waals surface area contributed by atoms with Gasteiger partial charge < -0.3 is 10.1 Å². The maximum atomic E-state index is 5.23. The van der Waals surface area contributed by atoms with Gasteiger partial charge in [-0.15, -0.1) is 0 Å². The highest BCUT2D eigenvalue weighted by Crippen LogP contribution is 2.41. The summed E-state index contributed by atoms with van der Waals surface area (Å²) in [6.45, 7) is 3.43. The summed E-state index contributed by atoms with van der Waals surface area (Å²) in [6.07, 6.45) is 5.03. The zero-order valence-corrected chi connectivity index (χ0v) is 11.1. The van der Waals surface area contributed by atoms with Crippen LogP contribution in [0, 0.1) is 11.8 Å². The second-order valence-electron chi connectivity index (χ2n) is 5.55. The monoisotopic (exact) mass is 243 g/mol. The predicted molar refractivity (Wildman–Crippen MR) is 73.7 cm³/mol. The highest BCUT2D eigenvalue weighted by atomic mass is 16.5. The Bertz CT molecular complexity index is 449. The first-order chi connectivity index (χ1) is 8.78. The van der Waals surface area contributed by atoms with Crippen molar-refractivity contribution in [3.63, 3.8) is 0 Å². The number of benzene rings is 1. The third-order valence-corrected chi connectivity index (χ3v) is 4.45. The Hall–Kier alpha value is -1.28. The number of piperidine rings is 1. The minimum absolute atomic E-state index is 0.476. The molecular weight excluding hydrogens is 222 g/mol. The number of ether oxygens (including phenoxy) is 1. The fourth-order valence-corrected chi connectivity index (χ4v) is 3.31. The quantitative estimate of drug-likeness (QED) is 0.805.